The van der Waals surface area contributed by atoms with Crippen LogP contribution in [0.15, 0.2) is 35.7 Å². The summed E-state index contributed by atoms with van der Waals surface area (Å²) in [5, 5.41) is 5.89. The Kier molecular flexibility index (Phi) is 2.47. The van der Waals surface area contributed by atoms with Crippen LogP contribution in [0.2, 0.25) is 0 Å². The monoisotopic (exact) mass is 271 g/mol. The second-order valence-corrected chi connectivity index (χ2v) is 6.54. The van der Waals surface area contributed by atoms with Crippen LogP contribution in [0, 0.1) is 0 Å². The van der Waals surface area contributed by atoms with Crippen LogP contribution >= 0.6 is 11.3 Å². The lowest BCUT2D eigenvalue weighted by Crippen LogP contribution is -2.37. The molecule has 1 saturated carbocycles. The fourth-order valence-electron chi connectivity index (χ4n) is 3.18. The van der Waals surface area contributed by atoms with E-state index < -0.39 is 0 Å². The summed E-state index contributed by atoms with van der Waals surface area (Å²) in [7, 11) is 1.75. The highest BCUT2D eigenvalue weighted by Gasteiger charge is 2.49. The maximum absolute atomic E-state index is 5.41. The van der Waals surface area contributed by atoms with Gasteiger partial charge in [-0.1, -0.05) is 12.1 Å². The van der Waals surface area contributed by atoms with Gasteiger partial charge >= 0.3 is 0 Å². The molecule has 1 aromatic heterocycles. The SMILES string of the molecule is COc1ccc2c(c1)C1(CC1)CNC2c1cccs1. The van der Waals surface area contributed by atoms with Gasteiger partial charge in [0.2, 0.25) is 0 Å². The van der Waals surface area contributed by atoms with Gasteiger partial charge in [-0.2, -0.15) is 0 Å². The van der Waals surface area contributed by atoms with Gasteiger partial charge in [-0.25, -0.2) is 0 Å². The zero-order valence-electron chi connectivity index (χ0n) is 11.0. The van der Waals surface area contributed by atoms with E-state index in [0.29, 0.717) is 11.5 Å². The van der Waals surface area contributed by atoms with Crippen molar-refractivity contribution in [2.45, 2.75) is 24.3 Å². The third-order valence-electron chi connectivity index (χ3n) is 4.47. The van der Waals surface area contributed by atoms with Crippen molar-refractivity contribution in [3.8, 4) is 5.75 Å². The molecule has 1 atom stereocenters. The first kappa shape index (κ1) is 11.5. The molecule has 1 aromatic carbocycles. The maximum atomic E-state index is 5.41. The van der Waals surface area contributed by atoms with Crippen LogP contribution in [-0.4, -0.2) is 13.7 Å². The van der Waals surface area contributed by atoms with Crippen molar-refractivity contribution >= 4 is 11.3 Å². The molecular weight excluding hydrogens is 254 g/mol. The van der Waals surface area contributed by atoms with E-state index in [9.17, 15) is 0 Å². The van der Waals surface area contributed by atoms with Crippen LogP contribution in [0.4, 0.5) is 0 Å². The van der Waals surface area contributed by atoms with Crippen LogP contribution in [-0.2, 0) is 5.41 Å². The Hall–Kier alpha value is -1.32. The number of hydrogen-bond donors (Lipinski definition) is 1. The second-order valence-electron chi connectivity index (χ2n) is 5.56. The van der Waals surface area contributed by atoms with Gasteiger partial charge < -0.3 is 10.1 Å². The molecule has 0 radical (unpaired) electrons. The average Bonchev–Trinajstić information content (AvgIpc) is 3.02. The fraction of sp³-hybridized carbons (Fsp3) is 0.375. The molecule has 2 nitrogen and oxygen atoms in total. The van der Waals surface area contributed by atoms with Gasteiger partial charge in [-0.3, -0.25) is 0 Å². The van der Waals surface area contributed by atoms with Crippen molar-refractivity contribution in [1.29, 1.82) is 0 Å². The molecule has 4 rings (SSSR count). The topological polar surface area (TPSA) is 21.3 Å². The first-order valence-electron chi connectivity index (χ1n) is 6.78. The highest BCUT2D eigenvalue weighted by atomic mass is 32.1. The third kappa shape index (κ3) is 1.72. The fourth-order valence-corrected chi connectivity index (χ4v) is 4.00. The number of methoxy groups -OCH3 is 1. The van der Waals surface area contributed by atoms with Gasteiger partial charge in [-0.05, 0) is 47.5 Å². The van der Waals surface area contributed by atoms with Gasteiger partial charge in [0.25, 0.3) is 0 Å². The standard InChI is InChI=1S/C16H17NOS/c1-18-11-4-5-12-13(9-11)16(6-7-16)10-17-15(12)14-3-2-8-19-14/h2-5,8-9,15,17H,6-7,10H2,1H3. The predicted octanol–water partition coefficient (Wildman–Crippen LogP) is 3.48. The van der Waals surface area contributed by atoms with E-state index >= 15 is 0 Å². The van der Waals surface area contributed by atoms with Crippen molar-refractivity contribution in [1.82, 2.24) is 5.32 Å². The molecule has 1 unspecified atom stereocenters. The first-order valence-corrected chi connectivity index (χ1v) is 7.66. The van der Waals surface area contributed by atoms with E-state index in [1.54, 1.807) is 7.11 Å². The van der Waals surface area contributed by atoms with E-state index in [-0.39, 0.29) is 0 Å². The smallest absolute Gasteiger partial charge is 0.119 e. The Morgan fingerprint density at radius 1 is 1.32 bits per heavy atom. The number of ether oxygens (including phenoxy) is 1. The normalized spacial score (nSPS) is 23.1. The van der Waals surface area contributed by atoms with Gasteiger partial charge in [0.1, 0.15) is 5.75 Å². The Bertz CT molecular complexity index is 601. The molecule has 0 saturated heterocycles. The van der Waals surface area contributed by atoms with Crippen LogP contribution in [0.3, 0.4) is 0 Å². The molecule has 1 spiro atoms. The van der Waals surface area contributed by atoms with Crippen molar-refractivity contribution in [3.63, 3.8) is 0 Å². The summed E-state index contributed by atoms with van der Waals surface area (Å²) in [5.74, 6) is 0.983. The van der Waals surface area contributed by atoms with Crippen molar-refractivity contribution < 1.29 is 4.74 Å². The summed E-state index contributed by atoms with van der Waals surface area (Å²) in [6.07, 6.45) is 2.61. The van der Waals surface area contributed by atoms with Crippen molar-refractivity contribution in [3.05, 3.63) is 51.7 Å². The highest BCUT2D eigenvalue weighted by Crippen LogP contribution is 2.53. The van der Waals surface area contributed by atoms with Gasteiger partial charge in [-0.15, -0.1) is 11.3 Å². The van der Waals surface area contributed by atoms with Crippen LogP contribution in [0.1, 0.15) is 34.9 Å². The number of benzene rings is 1. The molecule has 0 bridgehead atoms. The first-order chi connectivity index (χ1) is 9.32. The lowest BCUT2D eigenvalue weighted by molar-refractivity contribution is 0.410. The summed E-state index contributed by atoms with van der Waals surface area (Å²) in [4.78, 5) is 1.40. The summed E-state index contributed by atoms with van der Waals surface area (Å²) in [5.41, 5.74) is 3.33. The lowest BCUT2D eigenvalue weighted by Gasteiger charge is -2.33. The number of rotatable bonds is 2. The van der Waals surface area contributed by atoms with Gasteiger partial charge in [0, 0.05) is 16.8 Å². The molecule has 2 heterocycles. The quantitative estimate of drug-likeness (QED) is 0.903. The van der Waals surface area contributed by atoms with E-state index in [1.165, 1.54) is 28.8 Å². The van der Waals surface area contributed by atoms with E-state index in [1.807, 2.05) is 11.3 Å². The van der Waals surface area contributed by atoms with Crippen LogP contribution in [0.5, 0.6) is 5.75 Å². The predicted molar refractivity (Wildman–Crippen MR) is 78.1 cm³/mol. The summed E-state index contributed by atoms with van der Waals surface area (Å²) < 4.78 is 5.41. The van der Waals surface area contributed by atoms with Crippen LogP contribution in [0.25, 0.3) is 0 Å². The summed E-state index contributed by atoms with van der Waals surface area (Å²) in [6.45, 7) is 1.09. The molecule has 1 aliphatic heterocycles. The zero-order valence-corrected chi connectivity index (χ0v) is 11.8. The van der Waals surface area contributed by atoms with E-state index in [0.717, 1.165) is 12.3 Å². The van der Waals surface area contributed by atoms with E-state index in [4.69, 9.17) is 4.74 Å². The zero-order chi connectivity index (χ0) is 12.9. The Morgan fingerprint density at radius 3 is 2.89 bits per heavy atom. The number of nitrogens with one attached hydrogen (secondary N) is 1. The van der Waals surface area contributed by atoms with Crippen LogP contribution < -0.4 is 10.1 Å². The molecule has 1 fully saturated rings. The number of hydrogen-bond acceptors (Lipinski definition) is 3. The Morgan fingerprint density at radius 2 is 2.21 bits per heavy atom. The average molecular weight is 271 g/mol. The largest absolute Gasteiger partial charge is 0.497 e. The molecule has 2 aliphatic rings. The number of fused-ring (bicyclic) bond motifs is 2. The molecule has 0 amide bonds. The van der Waals surface area contributed by atoms with E-state index in [2.05, 4.69) is 41.0 Å². The minimum absolute atomic E-state index is 0.354. The number of thiophene rings is 1. The Balaban J connectivity index is 1.84. The third-order valence-corrected chi connectivity index (χ3v) is 5.41. The molecule has 2 aromatic rings. The van der Waals surface area contributed by atoms with Gasteiger partial charge in [0.05, 0.1) is 13.2 Å². The molecule has 1 aliphatic carbocycles. The Labute approximate surface area is 117 Å². The molecule has 3 heteroatoms. The van der Waals surface area contributed by atoms with Crippen molar-refractivity contribution in [2.24, 2.45) is 0 Å². The molecule has 1 N–H and O–H groups in total. The molecular formula is C16H17NOS. The second kappa shape index (κ2) is 4.09. The minimum Gasteiger partial charge on any atom is -0.497 e. The summed E-state index contributed by atoms with van der Waals surface area (Å²) >= 11 is 1.83. The maximum Gasteiger partial charge on any atom is 0.119 e. The lowest BCUT2D eigenvalue weighted by atomic mass is 9.83. The molecule has 98 valence electrons. The van der Waals surface area contributed by atoms with Gasteiger partial charge in [0.15, 0.2) is 0 Å². The van der Waals surface area contributed by atoms with Crippen molar-refractivity contribution in [2.75, 3.05) is 13.7 Å². The highest BCUT2D eigenvalue weighted by molar-refractivity contribution is 7.10. The minimum atomic E-state index is 0.354. The summed E-state index contributed by atoms with van der Waals surface area (Å²) in [6, 6.07) is 11.3. The molecule has 19 heavy (non-hydrogen) atoms.